The fourth-order valence-electron chi connectivity index (χ4n) is 0.898. The summed E-state index contributed by atoms with van der Waals surface area (Å²) in [5.74, 6) is 0. The predicted octanol–water partition coefficient (Wildman–Crippen LogP) is 0.394. The third kappa shape index (κ3) is 10.8. The van der Waals surface area contributed by atoms with Crippen molar-refractivity contribution in [2.24, 2.45) is 0 Å². The summed E-state index contributed by atoms with van der Waals surface area (Å²) in [4.78, 5) is 0. The van der Waals surface area contributed by atoms with Gasteiger partial charge in [0.1, 0.15) is 0 Å². The van der Waals surface area contributed by atoms with Gasteiger partial charge in [-0.15, -0.1) is 0 Å². The molecule has 1 atom stereocenters. The SMILES string of the molecule is CCCCCCC(O)CO.[PbH2]. The average molecular weight is 355 g/mol. The number of hydrogen-bond acceptors (Lipinski definition) is 2. The first-order valence-electron chi connectivity index (χ1n) is 4.10. The van der Waals surface area contributed by atoms with E-state index in [1.54, 1.807) is 0 Å². The van der Waals surface area contributed by atoms with Crippen molar-refractivity contribution in [2.45, 2.75) is 45.1 Å². The summed E-state index contributed by atoms with van der Waals surface area (Å²) < 4.78 is 0. The molecule has 68 valence electrons. The van der Waals surface area contributed by atoms with E-state index in [0.29, 0.717) is 0 Å². The van der Waals surface area contributed by atoms with Crippen molar-refractivity contribution in [1.29, 1.82) is 0 Å². The van der Waals surface area contributed by atoms with E-state index in [1.165, 1.54) is 19.3 Å². The Morgan fingerprint density at radius 3 is 2.27 bits per heavy atom. The second-order valence-electron chi connectivity index (χ2n) is 2.69. The van der Waals surface area contributed by atoms with Gasteiger partial charge in [0.15, 0.2) is 0 Å². The van der Waals surface area contributed by atoms with Gasteiger partial charge in [0, 0.05) is 0 Å². The molecule has 0 aliphatic rings. The Labute approximate surface area is 89.2 Å². The molecule has 1 unspecified atom stereocenters. The fourth-order valence-corrected chi connectivity index (χ4v) is 0.898. The second-order valence-corrected chi connectivity index (χ2v) is 2.69. The molecular formula is C8H20O2Pb. The summed E-state index contributed by atoms with van der Waals surface area (Å²) in [6.07, 6.45) is 4.92. The van der Waals surface area contributed by atoms with Gasteiger partial charge in [-0.2, -0.15) is 0 Å². The molecule has 0 aromatic heterocycles. The Morgan fingerprint density at radius 1 is 1.18 bits per heavy atom. The zero-order valence-electron chi connectivity index (χ0n) is 7.42. The number of aliphatic hydroxyl groups is 2. The summed E-state index contributed by atoms with van der Waals surface area (Å²) in [6, 6.07) is 0. The molecule has 0 spiro atoms. The maximum absolute atomic E-state index is 8.91. The summed E-state index contributed by atoms with van der Waals surface area (Å²) in [7, 11) is 0. The van der Waals surface area contributed by atoms with Gasteiger partial charge in [-0.3, -0.25) is 0 Å². The topological polar surface area (TPSA) is 40.5 Å². The van der Waals surface area contributed by atoms with Gasteiger partial charge in [-0.05, 0) is 6.42 Å². The molecule has 0 rings (SSSR count). The quantitative estimate of drug-likeness (QED) is 0.535. The maximum atomic E-state index is 8.91. The molecule has 0 aliphatic heterocycles. The van der Waals surface area contributed by atoms with E-state index in [9.17, 15) is 0 Å². The second kappa shape index (κ2) is 10.8. The van der Waals surface area contributed by atoms with Crippen LogP contribution in [0, 0.1) is 0 Å². The average Bonchev–Trinajstić information content (AvgIpc) is 1.98. The molecule has 2 nitrogen and oxygen atoms in total. The molecule has 3 heteroatoms. The Bertz CT molecular complexity index is 69.1. The normalized spacial score (nSPS) is 12.3. The third-order valence-electron chi connectivity index (χ3n) is 1.60. The van der Waals surface area contributed by atoms with E-state index < -0.39 is 6.10 Å². The predicted molar refractivity (Wildman–Crippen MR) is 50.4 cm³/mol. The van der Waals surface area contributed by atoms with Crippen LogP contribution < -0.4 is 0 Å². The van der Waals surface area contributed by atoms with Crippen molar-refractivity contribution in [3.05, 3.63) is 0 Å². The summed E-state index contributed by atoms with van der Waals surface area (Å²) in [6.45, 7) is 2.06. The molecule has 2 N–H and O–H groups in total. The van der Waals surface area contributed by atoms with Gasteiger partial charge in [0.2, 0.25) is 0 Å². The Hall–Kier alpha value is 0.842. The van der Waals surface area contributed by atoms with Crippen LogP contribution in [0.15, 0.2) is 0 Å². The van der Waals surface area contributed by atoms with Crippen LogP contribution in [0.2, 0.25) is 0 Å². The van der Waals surface area contributed by atoms with Gasteiger partial charge >= 0.3 is 27.3 Å². The van der Waals surface area contributed by atoms with E-state index in [4.69, 9.17) is 10.2 Å². The summed E-state index contributed by atoms with van der Waals surface area (Å²) >= 11 is 0. The van der Waals surface area contributed by atoms with Crippen LogP contribution in [0.1, 0.15) is 39.0 Å². The monoisotopic (exact) mass is 356 g/mol. The van der Waals surface area contributed by atoms with Gasteiger partial charge in [-0.1, -0.05) is 32.6 Å². The molecular weight excluding hydrogens is 335 g/mol. The van der Waals surface area contributed by atoms with E-state index >= 15 is 0 Å². The molecule has 2 radical (unpaired) electrons. The molecule has 0 aromatic rings. The molecule has 0 aliphatic carbocycles. The van der Waals surface area contributed by atoms with Crippen LogP contribution in [0.5, 0.6) is 0 Å². The van der Waals surface area contributed by atoms with Crippen LogP contribution in [0.4, 0.5) is 0 Å². The van der Waals surface area contributed by atoms with Crippen molar-refractivity contribution < 1.29 is 10.2 Å². The first-order chi connectivity index (χ1) is 4.81. The van der Waals surface area contributed by atoms with E-state index in [2.05, 4.69) is 6.92 Å². The molecule has 0 heterocycles. The molecule has 0 amide bonds. The van der Waals surface area contributed by atoms with Gasteiger partial charge in [-0.25, -0.2) is 0 Å². The standard InChI is InChI=1S/C8H18O2.Pb.2H/c1-2-3-4-5-6-8(10)7-9;;;/h8-10H,2-7H2,1H3;;;. The zero-order chi connectivity index (χ0) is 7.82. The minimum absolute atomic E-state index is 0. The zero-order valence-corrected chi connectivity index (χ0v) is 12.9. The number of aliphatic hydroxyl groups excluding tert-OH is 2. The third-order valence-corrected chi connectivity index (χ3v) is 1.60. The van der Waals surface area contributed by atoms with Crippen molar-refractivity contribution in [1.82, 2.24) is 0 Å². The van der Waals surface area contributed by atoms with Crippen molar-refractivity contribution in [3.63, 3.8) is 0 Å². The Morgan fingerprint density at radius 2 is 1.82 bits per heavy atom. The van der Waals surface area contributed by atoms with E-state index in [1.807, 2.05) is 0 Å². The van der Waals surface area contributed by atoms with Gasteiger partial charge in [0.05, 0.1) is 12.7 Å². The molecule has 0 saturated heterocycles. The number of unbranched alkanes of at least 4 members (excludes halogenated alkanes) is 3. The van der Waals surface area contributed by atoms with Gasteiger partial charge in [0.25, 0.3) is 0 Å². The number of rotatable bonds is 6. The van der Waals surface area contributed by atoms with Crippen LogP contribution in [0.25, 0.3) is 0 Å². The van der Waals surface area contributed by atoms with Crippen LogP contribution in [-0.4, -0.2) is 50.2 Å². The molecule has 0 bridgehead atoms. The van der Waals surface area contributed by atoms with Crippen LogP contribution in [-0.2, 0) is 0 Å². The Balaban J connectivity index is 0. The molecule has 0 saturated carbocycles. The van der Waals surface area contributed by atoms with E-state index in [-0.39, 0.29) is 33.9 Å². The Kier molecular flexibility index (Phi) is 14.2. The molecule has 11 heavy (non-hydrogen) atoms. The first kappa shape index (κ1) is 14.4. The molecule has 0 fully saturated rings. The number of hydrogen-bond donors (Lipinski definition) is 2. The van der Waals surface area contributed by atoms with E-state index in [0.717, 1.165) is 12.8 Å². The molecule has 0 aromatic carbocycles. The first-order valence-corrected chi connectivity index (χ1v) is 4.10. The van der Waals surface area contributed by atoms with Crippen molar-refractivity contribution in [3.8, 4) is 0 Å². The minimum atomic E-state index is -0.489. The van der Waals surface area contributed by atoms with Crippen LogP contribution >= 0.6 is 0 Å². The van der Waals surface area contributed by atoms with Crippen molar-refractivity contribution in [2.75, 3.05) is 6.61 Å². The summed E-state index contributed by atoms with van der Waals surface area (Å²) in [5.41, 5.74) is 0. The van der Waals surface area contributed by atoms with Gasteiger partial charge < -0.3 is 10.2 Å². The summed E-state index contributed by atoms with van der Waals surface area (Å²) in [5, 5.41) is 17.3. The fraction of sp³-hybridized carbons (Fsp3) is 1.00. The van der Waals surface area contributed by atoms with Crippen molar-refractivity contribution >= 4 is 27.3 Å². The van der Waals surface area contributed by atoms with Crippen LogP contribution in [0.3, 0.4) is 0 Å².